The van der Waals surface area contributed by atoms with Crippen LogP contribution in [0.25, 0.3) is 22.7 Å². The van der Waals surface area contributed by atoms with Gasteiger partial charge in [0, 0.05) is 39.2 Å². The number of aromatic nitrogens is 5. The third kappa shape index (κ3) is 4.01. The molecule has 0 bridgehead atoms. The molecule has 0 amide bonds. The van der Waals surface area contributed by atoms with E-state index in [1.54, 1.807) is 32.0 Å². The minimum Gasteiger partial charge on any atom is -0.461 e. The first-order chi connectivity index (χ1) is 13.8. The lowest BCUT2D eigenvalue weighted by molar-refractivity contribution is 0.190. The van der Waals surface area contributed by atoms with Gasteiger partial charge in [-0.3, -0.25) is 4.98 Å². The molecule has 28 heavy (non-hydrogen) atoms. The average Bonchev–Trinajstić information content (AvgIpc) is 3.37. The van der Waals surface area contributed by atoms with Crippen LogP contribution in [0.1, 0.15) is 12.0 Å². The van der Waals surface area contributed by atoms with Gasteiger partial charge in [-0.1, -0.05) is 0 Å². The van der Waals surface area contributed by atoms with Gasteiger partial charge in [-0.15, -0.1) is 0 Å². The molecule has 0 aliphatic carbocycles. The third-order valence-electron chi connectivity index (χ3n) is 4.41. The molecule has 0 aromatic carbocycles. The second-order valence-corrected chi connectivity index (χ2v) is 6.35. The molecule has 4 rings (SSSR count). The van der Waals surface area contributed by atoms with E-state index in [0.29, 0.717) is 18.3 Å². The maximum Gasteiger partial charge on any atom is 0.224 e. The van der Waals surface area contributed by atoms with Crippen LogP contribution in [0.3, 0.4) is 0 Å². The SMILES string of the molecule is COCCCn1c(-c2ccco2)nc2cnc(NCCc3ccncc3)nc21. The lowest BCUT2D eigenvalue weighted by Crippen LogP contribution is -2.09. The first kappa shape index (κ1) is 18.1. The lowest BCUT2D eigenvalue weighted by atomic mass is 10.2. The van der Waals surface area contributed by atoms with Crippen LogP contribution in [0.4, 0.5) is 5.95 Å². The number of hydrogen-bond donors (Lipinski definition) is 1. The highest BCUT2D eigenvalue weighted by molar-refractivity contribution is 5.76. The fourth-order valence-electron chi connectivity index (χ4n) is 3.04. The first-order valence-corrected chi connectivity index (χ1v) is 9.24. The van der Waals surface area contributed by atoms with Gasteiger partial charge in [-0.2, -0.15) is 4.98 Å². The molecule has 0 saturated heterocycles. The highest BCUT2D eigenvalue weighted by Gasteiger charge is 2.16. The fourth-order valence-corrected chi connectivity index (χ4v) is 3.04. The normalized spacial score (nSPS) is 11.2. The largest absolute Gasteiger partial charge is 0.461 e. The first-order valence-electron chi connectivity index (χ1n) is 9.24. The second kappa shape index (κ2) is 8.62. The minimum atomic E-state index is 0.584. The zero-order valence-electron chi connectivity index (χ0n) is 15.7. The number of aryl methyl sites for hydroxylation is 1. The van der Waals surface area contributed by atoms with E-state index >= 15 is 0 Å². The molecule has 4 aromatic rings. The fraction of sp³-hybridized carbons (Fsp3) is 0.300. The summed E-state index contributed by atoms with van der Waals surface area (Å²) < 4.78 is 12.8. The van der Waals surface area contributed by atoms with Crippen molar-refractivity contribution in [1.29, 1.82) is 0 Å². The van der Waals surface area contributed by atoms with E-state index in [4.69, 9.17) is 14.1 Å². The predicted molar refractivity (Wildman–Crippen MR) is 106 cm³/mol. The highest BCUT2D eigenvalue weighted by Crippen LogP contribution is 2.24. The van der Waals surface area contributed by atoms with Gasteiger partial charge in [0.1, 0.15) is 5.52 Å². The number of anilines is 1. The number of nitrogens with one attached hydrogen (secondary N) is 1. The molecule has 0 atom stereocenters. The Hall–Kier alpha value is -3.26. The van der Waals surface area contributed by atoms with Crippen molar-refractivity contribution in [3.8, 4) is 11.6 Å². The van der Waals surface area contributed by atoms with Crippen LogP contribution in [0.2, 0.25) is 0 Å². The lowest BCUT2D eigenvalue weighted by Gasteiger charge is -2.08. The number of fused-ring (bicyclic) bond motifs is 1. The van der Waals surface area contributed by atoms with Crippen molar-refractivity contribution in [3.63, 3.8) is 0 Å². The van der Waals surface area contributed by atoms with Crippen LogP contribution in [0.15, 0.2) is 53.5 Å². The summed E-state index contributed by atoms with van der Waals surface area (Å²) in [5.41, 5.74) is 2.74. The van der Waals surface area contributed by atoms with E-state index < -0.39 is 0 Å². The predicted octanol–water partition coefficient (Wildman–Crippen LogP) is 3.17. The molecular weight excluding hydrogens is 356 g/mol. The van der Waals surface area contributed by atoms with Gasteiger partial charge in [0.15, 0.2) is 17.2 Å². The van der Waals surface area contributed by atoms with Crippen molar-refractivity contribution in [2.24, 2.45) is 0 Å². The van der Waals surface area contributed by atoms with Gasteiger partial charge in [0.2, 0.25) is 5.95 Å². The Morgan fingerprint density at radius 2 is 2.07 bits per heavy atom. The molecule has 4 aromatic heterocycles. The third-order valence-corrected chi connectivity index (χ3v) is 4.41. The average molecular weight is 378 g/mol. The zero-order valence-corrected chi connectivity index (χ0v) is 15.7. The number of methoxy groups -OCH3 is 1. The number of imidazole rings is 1. The molecule has 8 nitrogen and oxygen atoms in total. The van der Waals surface area contributed by atoms with Crippen molar-refractivity contribution >= 4 is 17.1 Å². The van der Waals surface area contributed by atoms with Crippen molar-refractivity contribution in [2.45, 2.75) is 19.4 Å². The van der Waals surface area contributed by atoms with Crippen LogP contribution in [0, 0.1) is 0 Å². The van der Waals surface area contributed by atoms with Crippen LogP contribution in [-0.2, 0) is 17.7 Å². The quantitative estimate of drug-likeness (QED) is 0.447. The standard InChI is InChI=1S/C20H22N6O2/c1-27-12-3-11-26-18-16(24-19(26)17-4-2-13-28-17)14-23-20(25-18)22-10-7-15-5-8-21-9-6-15/h2,4-6,8-9,13-14H,3,7,10-12H2,1H3,(H,22,23,25). The Morgan fingerprint density at radius 3 is 2.86 bits per heavy atom. The van der Waals surface area contributed by atoms with Crippen molar-refractivity contribution in [2.75, 3.05) is 25.6 Å². The summed E-state index contributed by atoms with van der Waals surface area (Å²) in [5.74, 6) is 2.04. The zero-order chi connectivity index (χ0) is 19.2. The molecule has 0 radical (unpaired) electrons. The van der Waals surface area contributed by atoms with E-state index in [0.717, 1.165) is 42.9 Å². The maximum atomic E-state index is 5.56. The number of ether oxygens (including phenoxy) is 1. The molecule has 1 N–H and O–H groups in total. The summed E-state index contributed by atoms with van der Waals surface area (Å²) in [5, 5.41) is 3.29. The van der Waals surface area contributed by atoms with Crippen molar-refractivity contribution < 1.29 is 9.15 Å². The van der Waals surface area contributed by atoms with Crippen molar-refractivity contribution in [3.05, 3.63) is 54.7 Å². The monoisotopic (exact) mass is 378 g/mol. The van der Waals surface area contributed by atoms with E-state index in [1.165, 1.54) is 5.56 Å². The summed E-state index contributed by atoms with van der Waals surface area (Å²) in [6, 6.07) is 7.76. The molecule has 0 aliphatic rings. The maximum absolute atomic E-state index is 5.56. The number of pyridine rings is 1. The number of hydrogen-bond acceptors (Lipinski definition) is 7. The van der Waals surface area contributed by atoms with Gasteiger partial charge in [0.05, 0.1) is 12.5 Å². The Bertz CT molecular complexity index is 1010. The summed E-state index contributed by atoms with van der Waals surface area (Å²) in [6.07, 6.45) is 8.71. The van der Waals surface area contributed by atoms with Gasteiger partial charge in [-0.25, -0.2) is 9.97 Å². The molecule has 4 heterocycles. The molecule has 0 fully saturated rings. The Kier molecular flexibility index (Phi) is 5.58. The van der Waals surface area contributed by atoms with E-state index in [9.17, 15) is 0 Å². The van der Waals surface area contributed by atoms with Gasteiger partial charge >= 0.3 is 0 Å². The molecule has 8 heteroatoms. The molecule has 0 spiro atoms. The minimum absolute atomic E-state index is 0.584. The van der Waals surface area contributed by atoms with E-state index in [1.807, 2.05) is 24.3 Å². The molecule has 0 saturated carbocycles. The Balaban J connectivity index is 1.57. The Labute approximate surface area is 162 Å². The van der Waals surface area contributed by atoms with Crippen LogP contribution in [0.5, 0.6) is 0 Å². The molecule has 0 unspecified atom stereocenters. The van der Waals surface area contributed by atoms with Crippen LogP contribution in [-0.4, -0.2) is 44.8 Å². The highest BCUT2D eigenvalue weighted by atomic mass is 16.5. The molecule has 144 valence electrons. The number of nitrogens with zero attached hydrogens (tertiary/aromatic N) is 5. The summed E-state index contributed by atoms with van der Waals surface area (Å²) in [4.78, 5) is 17.8. The smallest absolute Gasteiger partial charge is 0.224 e. The second-order valence-electron chi connectivity index (χ2n) is 6.35. The van der Waals surface area contributed by atoms with Gasteiger partial charge < -0.3 is 19.0 Å². The van der Waals surface area contributed by atoms with Gasteiger partial charge in [-0.05, 0) is 42.7 Å². The number of rotatable bonds is 9. The van der Waals surface area contributed by atoms with Crippen LogP contribution < -0.4 is 5.32 Å². The molecular formula is C20H22N6O2. The summed E-state index contributed by atoms with van der Waals surface area (Å²) >= 11 is 0. The number of furan rings is 1. The summed E-state index contributed by atoms with van der Waals surface area (Å²) in [6.45, 7) is 2.13. The van der Waals surface area contributed by atoms with E-state index in [-0.39, 0.29) is 0 Å². The van der Waals surface area contributed by atoms with Gasteiger partial charge in [0.25, 0.3) is 0 Å². The molecule has 0 aliphatic heterocycles. The van der Waals surface area contributed by atoms with E-state index in [2.05, 4.69) is 24.8 Å². The van der Waals surface area contributed by atoms with Crippen LogP contribution >= 0.6 is 0 Å². The van der Waals surface area contributed by atoms with Crippen molar-refractivity contribution in [1.82, 2.24) is 24.5 Å². The summed E-state index contributed by atoms with van der Waals surface area (Å²) in [7, 11) is 1.70. The Morgan fingerprint density at radius 1 is 1.18 bits per heavy atom. The topological polar surface area (TPSA) is 90.9 Å².